The van der Waals surface area contributed by atoms with Crippen molar-refractivity contribution in [2.24, 2.45) is 0 Å². The van der Waals surface area contributed by atoms with E-state index < -0.39 is 40.6 Å². The van der Waals surface area contributed by atoms with Crippen LogP contribution in [-0.2, 0) is 22.3 Å². The highest BCUT2D eigenvalue weighted by Crippen LogP contribution is 2.37. The van der Waals surface area contributed by atoms with E-state index in [4.69, 9.17) is 4.74 Å². The zero-order chi connectivity index (χ0) is 20.3. The molecule has 1 amide bonds. The lowest BCUT2D eigenvalue weighted by atomic mass is 10.1. The topological polar surface area (TPSA) is 103 Å². The van der Waals surface area contributed by atoms with Crippen molar-refractivity contribution in [3.05, 3.63) is 46.1 Å². The van der Waals surface area contributed by atoms with E-state index in [1.54, 1.807) is 4.90 Å². The number of alkyl halides is 3. The molecule has 1 N–H and O–H groups in total. The first kappa shape index (κ1) is 19.6. The second-order valence-electron chi connectivity index (χ2n) is 6.00. The van der Waals surface area contributed by atoms with E-state index in [0.717, 1.165) is 16.8 Å². The number of aromatic nitrogens is 2. The van der Waals surface area contributed by atoms with Gasteiger partial charge in [-0.3, -0.25) is 4.79 Å². The molecule has 0 atom stereocenters. The summed E-state index contributed by atoms with van der Waals surface area (Å²) in [7, 11) is 0. The van der Waals surface area contributed by atoms with Crippen LogP contribution in [0.2, 0.25) is 0 Å². The minimum Gasteiger partial charge on any atom is -0.378 e. The van der Waals surface area contributed by atoms with E-state index in [2.05, 4.69) is 10.4 Å². The van der Waals surface area contributed by atoms with Crippen LogP contribution >= 0.6 is 0 Å². The molecule has 1 aliphatic heterocycles. The monoisotopic (exact) mass is 399 g/mol. The van der Waals surface area contributed by atoms with Crippen LogP contribution in [0.4, 0.5) is 30.4 Å². The van der Waals surface area contributed by atoms with Gasteiger partial charge in [0, 0.05) is 18.8 Å². The molecule has 28 heavy (non-hydrogen) atoms. The number of morpholine rings is 1. The number of rotatable bonds is 5. The third-order valence-corrected chi connectivity index (χ3v) is 4.08. The lowest BCUT2D eigenvalue weighted by Crippen LogP contribution is -2.36. The zero-order valence-corrected chi connectivity index (χ0v) is 14.5. The fraction of sp³-hybridized carbons (Fsp3) is 0.375. The van der Waals surface area contributed by atoms with Gasteiger partial charge in [-0.1, -0.05) is 0 Å². The first-order valence-corrected chi connectivity index (χ1v) is 8.25. The predicted octanol–water partition coefficient (Wildman–Crippen LogP) is 2.29. The maximum Gasteiger partial charge on any atom is 0.418 e. The van der Waals surface area contributed by atoms with Crippen LogP contribution in [-0.4, -0.2) is 46.9 Å². The van der Waals surface area contributed by atoms with Gasteiger partial charge in [-0.2, -0.15) is 17.9 Å². The van der Waals surface area contributed by atoms with Gasteiger partial charge in [0.05, 0.1) is 41.8 Å². The normalized spacial score (nSPS) is 14.8. The molecule has 0 spiro atoms. The number of ether oxygens (including phenoxy) is 1. The largest absolute Gasteiger partial charge is 0.418 e. The van der Waals surface area contributed by atoms with Crippen molar-refractivity contribution < 1.29 is 27.6 Å². The predicted molar refractivity (Wildman–Crippen MR) is 92.0 cm³/mol. The molecule has 1 saturated heterocycles. The molecule has 1 aromatic carbocycles. The molecular weight excluding hydrogens is 383 g/mol. The quantitative estimate of drug-likeness (QED) is 0.611. The zero-order valence-electron chi connectivity index (χ0n) is 14.5. The second kappa shape index (κ2) is 7.84. The van der Waals surface area contributed by atoms with Crippen LogP contribution in [0.5, 0.6) is 0 Å². The Hall–Kier alpha value is -3.15. The summed E-state index contributed by atoms with van der Waals surface area (Å²) in [5, 5.41) is 16.4. The molecule has 1 aromatic heterocycles. The average Bonchev–Trinajstić information content (AvgIpc) is 3.10. The van der Waals surface area contributed by atoms with Gasteiger partial charge in [0.15, 0.2) is 0 Å². The number of nitro groups is 1. The summed E-state index contributed by atoms with van der Waals surface area (Å²) in [6.45, 7) is 1.34. The number of hydrogen-bond acceptors (Lipinski definition) is 6. The van der Waals surface area contributed by atoms with Crippen molar-refractivity contribution in [2.45, 2.75) is 12.7 Å². The fourth-order valence-electron chi connectivity index (χ4n) is 2.77. The van der Waals surface area contributed by atoms with Gasteiger partial charge in [-0.15, -0.1) is 0 Å². The molecule has 9 nitrogen and oxygen atoms in total. The van der Waals surface area contributed by atoms with Gasteiger partial charge in [0.25, 0.3) is 0 Å². The molecule has 2 heterocycles. The number of nitrogens with zero attached hydrogens (tertiary/aromatic N) is 4. The molecule has 2 aromatic rings. The van der Waals surface area contributed by atoms with Crippen LogP contribution in [0.15, 0.2) is 30.5 Å². The maximum atomic E-state index is 13.5. The molecule has 0 saturated carbocycles. The highest BCUT2D eigenvalue weighted by atomic mass is 19.4. The standard InChI is InChI=1S/C16H16F3N5O4/c17-16(18,19)12-9-11(22-5-7-28-8-6-22)1-2-13(12)20-15(25)10-23-4-3-14(21-23)24(26)27/h1-4,9H,5-8,10H2,(H,20,25). The van der Waals surface area contributed by atoms with Crippen LogP contribution in [0.25, 0.3) is 0 Å². The van der Waals surface area contributed by atoms with E-state index in [1.807, 2.05) is 0 Å². The molecule has 12 heteroatoms. The molecular formula is C16H16F3N5O4. The molecule has 1 fully saturated rings. The first-order valence-electron chi connectivity index (χ1n) is 8.25. The highest BCUT2D eigenvalue weighted by Gasteiger charge is 2.35. The number of nitrogens with one attached hydrogen (secondary N) is 1. The van der Waals surface area contributed by atoms with Gasteiger partial charge < -0.3 is 25.1 Å². The van der Waals surface area contributed by atoms with Crippen molar-refractivity contribution in [3.63, 3.8) is 0 Å². The number of benzene rings is 1. The van der Waals surface area contributed by atoms with Crippen molar-refractivity contribution in [1.82, 2.24) is 9.78 Å². The van der Waals surface area contributed by atoms with Gasteiger partial charge in [-0.25, -0.2) is 0 Å². The van der Waals surface area contributed by atoms with Crippen LogP contribution < -0.4 is 10.2 Å². The molecule has 150 valence electrons. The Morgan fingerprint density at radius 1 is 1.29 bits per heavy atom. The fourth-order valence-corrected chi connectivity index (χ4v) is 2.77. The van der Waals surface area contributed by atoms with Gasteiger partial charge in [0.1, 0.15) is 6.54 Å². The van der Waals surface area contributed by atoms with Crippen LogP contribution in [0.3, 0.4) is 0 Å². The number of hydrogen-bond donors (Lipinski definition) is 1. The minimum atomic E-state index is -4.67. The number of carbonyl (C=O) groups excluding carboxylic acids is 1. The van der Waals surface area contributed by atoms with E-state index in [-0.39, 0.29) is 0 Å². The van der Waals surface area contributed by atoms with Crippen molar-refractivity contribution in [2.75, 3.05) is 36.5 Å². The molecule has 0 bridgehead atoms. The Labute approximate surface area is 156 Å². The Kier molecular flexibility index (Phi) is 5.49. The third-order valence-electron chi connectivity index (χ3n) is 4.08. The highest BCUT2D eigenvalue weighted by molar-refractivity contribution is 5.91. The third kappa shape index (κ3) is 4.57. The Balaban J connectivity index is 1.77. The lowest BCUT2D eigenvalue weighted by molar-refractivity contribution is -0.389. The molecule has 0 unspecified atom stereocenters. The minimum absolute atomic E-state index is 0.385. The van der Waals surface area contributed by atoms with E-state index in [9.17, 15) is 28.1 Å². The van der Waals surface area contributed by atoms with Crippen molar-refractivity contribution in [3.8, 4) is 0 Å². The SMILES string of the molecule is O=C(Cn1ccc([N+](=O)[O-])n1)Nc1ccc(N2CCOCC2)cc1C(F)(F)F. The summed E-state index contributed by atoms with van der Waals surface area (Å²) < 4.78 is 46.6. The maximum absolute atomic E-state index is 13.5. The summed E-state index contributed by atoms with van der Waals surface area (Å²) in [6, 6.07) is 4.76. The van der Waals surface area contributed by atoms with Crippen molar-refractivity contribution in [1.29, 1.82) is 0 Å². The number of halogens is 3. The second-order valence-corrected chi connectivity index (χ2v) is 6.00. The summed E-state index contributed by atoms with van der Waals surface area (Å²) in [6.07, 6.45) is -3.47. The van der Waals surface area contributed by atoms with Crippen LogP contribution in [0, 0.1) is 10.1 Å². The van der Waals surface area contributed by atoms with Crippen LogP contribution in [0.1, 0.15) is 5.56 Å². The van der Waals surface area contributed by atoms with Gasteiger partial charge in [-0.05, 0) is 23.1 Å². The Bertz CT molecular complexity index is 877. The number of anilines is 2. The Morgan fingerprint density at radius 3 is 2.61 bits per heavy atom. The number of carbonyl (C=O) groups is 1. The van der Waals surface area contributed by atoms with E-state index >= 15 is 0 Å². The number of amides is 1. The van der Waals surface area contributed by atoms with Gasteiger partial charge in [0.2, 0.25) is 5.91 Å². The molecule has 3 rings (SSSR count). The molecule has 1 aliphatic rings. The molecule has 0 radical (unpaired) electrons. The average molecular weight is 399 g/mol. The summed E-state index contributed by atoms with van der Waals surface area (Å²) in [4.78, 5) is 23.7. The molecule has 0 aliphatic carbocycles. The van der Waals surface area contributed by atoms with E-state index in [0.29, 0.717) is 32.0 Å². The lowest BCUT2D eigenvalue weighted by Gasteiger charge is -2.29. The smallest absolute Gasteiger partial charge is 0.378 e. The van der Waals surface area contributed by atoms with Crippen molar-refractivity contribution >= 4 is 23.1 Å². The summed E-state index contributed by atoms with van der Waals surface area (Å²) >= 11 is 0. The first-order chi connectivity index (χ1) is 13.2. The summed E-state index contributed by atoms with van der Waals surface area (Å²) in [5.74, 6) is -1.25. The van der Waals surface area contributed by atoms with E-state index in [1.165, 1.54) is 18.3 Å². The Morgan fingerprint density at radius 2 is 2.00 bits per heavy atom. The summed E-state index contributed by atoms with van der Waals surface area (Å²) in [5.41, 5.74) is -0.983. The van der Waals surface area contributed by atoms with Gasteiger partial charge >= 0.3 is 12.0 Å².